The van der Waals surface area contributed by atoms with Gasteiger partial charge in [-0.1, -0.05) is 23.7 Å². The van der Waals surface area contributed by atoms with E-state index in [-0.39, 0.29) is 11.0 Å². The van der Waals surface area contributed by atoms with Crippen LogP contribution in [0.1, 0.15) is 19.8 Å². The number of pyridine rings is 1. The highest BCUT2D eigenvalue weighted by atomic mass is 35.5. The summed E-state index contributed by atoms with van der Waals surface area (Å²) in [6, 6.07) is 10.2. The molecule has 3 rings (SSSR count). The molecule has 1 fully saturated rings. The van der Waals surface area contributed by atoms with Gasteiger partial charge in [-0.05, 0) is 44.0 Å². The van der Waals surface area contributed by atoms with Crippen LogP contribution in [0.5, 0.6) is 11.6 Å². The quantitative estimate of drug-likeness (QED) is 0.748. The fourth-order valence-corrected chi connectivity index (χ4v) is 4.65. The van der Waals surface area contributed by atoms with Crippen molar-refractivity contribution in [1.29, 1.82) is 0 Å². The Labute approximate surface area is 158 Å². The van der Waals surface area contributed by atoms with Crippen LogP contribution in [0.4, 0.5) is 0 Å². The van der Waals surface area contributed by atoms with Gasteiger partial charge in [-0.25, -0.2) is 13.4 Å². The van der Waals surface area contributed by atoms with Crippen LogP contribution in [0.25, 0.3) is 0 Å². The number of hydrogen-bond donors (Lipinski definition) is 0. The number of para-hydroxylation sites is 1. The highest BCUT2D eigenvalue weighted by Gasteiger charge is 2.32. The lowest BCUT2D eigenvalue weighted by molar-refractivity contribution is 0.130. The Hall–Kier alpha value is -1.83. The number of nitrogens with zero attached hydrogens (tertiary/aromatic N) is 2. The number of rotatable bonds is 6. The lowest BCUT2D eigenvalue weighted by atomic mass is 10.1. The zero-order valence-electron chi connectivity index (χ0n) is 14.5. The molecule has 2 aromatic rings. The largest absolute Gasteiger partial charge is 0.492 e. The molecule has 6 nitrogen and oxygen atoms in total. The fourth-order valence-electron chi connectivity index (χ4n) is 2.88. The van der Waals surface area contributed by atoms with Crippen molar-refractivity contribution in [3.63, 3.8) is 0 Å². The molecular formula is C18H21ClN2O4S. The molecule has 2 heterocycles. The molecule has 0 atom stereocenters. The molecule has 1 aromatic carbocycles. The second-order valence-electron chi connectivity index (χ2n) is 5.89. The van der Waals surface area contributed by atoms with Crippen LogP contribution in [0.3, 0.4) is 0 Å². The first-order valence-electron chi connectivity index (χ1n) is 8.51. The van der Waals surface area contributed by atoms with Crippen LogP contribution in [0.2, 0.25) is 5.02 Å². The van der Waals surface area contributed by atoms with Crippen LogP contribution < -0.4 is 9.47 Å². The Morgan fingerprint density at radius 3 is 2.62 bits per heavy atom. The second-order valence-corrected chi connectivity index (χ2v) is 8.20. The van der Waals surface area contributed by atoms with E-state index in [2.05, 4.69) is 4.98 Å². The SMILES string of the molecule is CCOc1ccccc1S(=O)(=O)N1CCC(Oc2ncccc2Cl)CC1. The predicted octanol–water partition coefficient (Wildman–Crippen LogP) is 3.37. The maximum Gasteiger partial charge on any atom is 0.246 e. The summed E-state index contributed by atoms with van der Waals surface area (Å²) in [4.78, 5) is 4.32. The van der Waals surface area contributed by atoms with Gasteiger partial charge >= 0.3 is 0 Å². The monoisotopic (exact) mass is 396 g/mol. The predicted molar refractivity (Wildman–Crippen MR) is 99.3 cm³/mol. The topological polar surface area (TPSA) is 68.7 Å². The molecule has 0 aliphatic carbocycles. The fraction of sp³-hybridized carbons (Fsp3) is 0.389. The first-order chi connectivity index (χ1) is 12.5. The van der Waals surface area contributed by atoms with Gasteiger partial charge in [0.15, 0.2) is 0 Å². The third-order valence-corrected chi connectivity index (χ3v) is 6.40. The van der Waals surface area contributed by atoms with Gasteiger partial charge < -0.3 is 9.47 Å². The van der Waals surface area contributed by atoms with Gasteiger partial charge in [-0.2, -0.15) is 4.31 Å². The van der Waals surface area contributed by atoms with E-state index in [1.807, 2.05) is 6.92 Å². The van der Waals surface area contributed by atoms with E-state index in [0.29, 0.717) is 49.2 Å². The molecule has 0 N–H and O–H groups in total. The van der Waals surface area contributed by atoms with Gasteiger partial charge in [0.25, 0.3) is 0 Å². The summed E-state index contributed by atoms with van der Waals surface area (Å²) in [5.74, 6) is 0.769. The Balaban J connectivity index is 1.68. The maximum atomic E-state index is 13.0. The molecular weight excluding hydrogens is 376 g/mol. The van der Waals surface area contributed by atoms with E-state index in [1.54, 1.807) is 42.6 Å². The van der Waals surface area contributed by atoms with E-state index in [1.165, 1.54) is 4.31 Å². The molecule has 0 unspecified atom stereocenters. The molecule has 140 valence electrons. The van der Waals surface area contributed by atoms with Crippen LogP contribution in [-0.2, 0) is 10.0 Å². The minimum Gasteiger partial charge on any atom is -0.492 e. The summed E-state index contributed by atoms with van der Waals surface area (Å²) in [5.41, 5.74) is 0. The van der Waals surface area contributed by atoms with Crippen molar-refractivity contribution in [1.82, 2.24) is 9.29 Å². The Morgan fingerprint density at radius 2 is 1.92 bits per heavy atom. The molecule has 0 spiro atoms. The molecule has 0 radical (unpaired) electrons. The molecule has 1 aliphatic heterocycles. The number of benzene rings is 1. The minimum absolute atomic E-state index is 0.115. The zero-order chi connectivity index (χ0) is 18.6. The lowest BCUT2D eigenvalue weighted by Crippen LogP contribution is -2.41. The van der Waals surface area contributed by atoms with Gasteiger partial charge in [0.05, 0.1) is 6.61 Å². The number of piperidine rings is 1. The van der Waals surface area contributed by atoms with E-state index >= 15 is 0 Å². The molecule has 8 heteroatoms. The van der Waals surface area contributed by atoms with Gasteiger partial charge in [-0.15, -0.1) is 0 Å². The highest BCUT2D eigenvalue weighted by Crippen LogP contribution is 2.30. The smallest absolute Gasteiger partial charge is 0.246 e. The zero-order valence-corrected chi connectivity index (χ0v) is 16.0. The number of ether oxygens (including phenoxy) is 2. The average molecular weight is 397 g/mol. The molecule has 26 heavy (non-hydrogen) atoms. The van der Waals surface area contributed by atoms with Crippen LogP contribution in [0, 0.1) is 0 Å². The summed E-state index contributed by atoms with van der Waals surface area (Å²) in [5, 5.41) is 0.452. The van der Waals surface area contributed by atoms with Crippen molar-refractivity contribution in [3.05, 3.63) is 47.6 Å². The Bertz CT molecular complexity index is 852. The number of sulfonamides is 1. The first-order valence-corrected chi connectivity index (χ1v) is 10.3. The van der Waals surface area contributed by atoms with Crippen molar-refractivity contribution in [3.8, 4) is 11.6 Å². The third-order valence-electron chi connectivity index (χ3n) is 4.17. The van der Waals surface area contributed by atoms with Gasteiger partial charge in [-0.3, -0.25) is 0 Å². The average Bonchev–Trinajstić information content (AvgIpc) is 2.65. The molecule has 0 saturated carbocycles. The summed E-state index contributed by atoms with van der Waals surface area (Å²) in [6.45, 7) is 2.98. The van der Waals surface area contributed by atoms with E-state index in [4.69, 9.17) is 21.1 Å². The van der Waals surface area contributed by atoms with Crippen molar-refractivity contribution < 1.29 is 17.9 Å². The molecule has 1 aromatic heterocycles. The Morgan fingerprint density at radius 1 is 1.19 bits per heavy atom. The van der Waals surface area contributed by atoms with Crippen LogP contribution >= 0.6 is 11.6 Å². The van der Waals surface area contributed by atoms with E-state index < -0.39 is 10.0 Å². The number of hydrogen-bond acceptors (Lipinski definition) is 5. The molecule has 1 saturated heterocycles. The number of halogens is 1. The molecule has 0 amide bonds. The first kappa shape index (κ1) is 18.9. The lowest BCUT2D eigenvalue weighted by Gasteiger charge is -2.31. The van der Waals surface area contributed by atoms with E-state index in [0.717, 1.165) is 0 Å². The summed E-state index contributed by atoms with van der Waals surface area (Å²) in [7, 11) is -3.61. The van der Waals surface area contributed by atoms with Crippen LogP contribution in [0.15, 0.2) is 47.5 Å². The van der Waals surface area contributed by atoms with Crippen molar-refractivity contribution in [2.24, 2.45) is 0 Å². The van der Waals surface area contributed by atoms with Gasteiger partial charge in [0.1, 0.15) is 21.8 Å². The summed E-state index contributed by atoms with van der Waals surface area (Å²) < 4.78 is 38.7. The summed E-state index contributed by atoms with van der Waals surface area (Å²) in [6.07, 6.45) is 2.65. The normalized spacial score (nSPS) is 16.4. The van der Waals surface area contributed by atoms with Gasteiger partial charge in [0, 0.05) is 19.3 Å². The molecule has 1 aliphatic rings. The summed E-state index contributed by atoms with van der Waals surface area (Å²) >= 11 is 6.06. The Kier molecular flexibility index (Phi) is 6.01. The molecule has 0 bridgehead atoms. The maximum absolute atomic E-state index is 13.0. The van der Waals surface area contributed by atoms with Crippen LogP contribution in [-0.4, -0.2) is 43.5 Å². The highest BCUT2D eigenvalue weighted by molar-refractivity contribution is 7.89. The minimum atomic E-state index is -3.61. The standard InChI is InChI=1S/C18H21ClN2O4S/c1-2-24-16-7-3-4-8-17(16)26(22,23)21-12-9-14(10-13-21)25-18-15(19)6-5-11-20-18/h3-8,11,14H,2,9-10,12-13H2,1H3. The third kappa shape index (κ3) is 4.11. The number of aromatic nitrogens is 1. The van der Waals surface area contributed by atoms with Gasteiger partial charge in [0.2, 0.25) is 15.9 Å². The van der Waals surface area contributed by atoms with E-state index in [9.17, 15) is 8.42 Å². The van der Waals surface area contributed by atoms with Crippen molar-refractivity contribution >= 4 is 21.6 Å². The second kappa shape index (κ2) is 8.24. The van der Waals surface area contributed by atoms with Crippen molar-refractivity contribution in [2.45, 2.75) is 30.8 Å². The van der Waals surface area contributed by atoms with Crippen molar-refractivity contribution in [2.75, 3.05) is 19.7 Å².